The van der Waals surface area contributed by atoms with Crippen molar-refractivity contribution in [2.24, 2.45) is 0 Å². The molecule has 0 bridgehead atoms. The van der Waals surface area contributed by atoms with Crippen molar-refractivity contribution in [2.75, 3.05) is 19.5 Å². The summed E-state index contributed by atoms with van der Waals surface area (Å²) in [7, 11) is 3.03. The summed E-state index contributed by atoms with van der Waals surface area (Å²) in [6.07, 6.45) is -4.21. The second kappa shape index (κ2) is 7.92. The molecule has 0 atom stereocenters. The Morgan fingerprint density at radius 2 is 1.80 bits per heavy atom. The van der Waals surface area contributed by atoms with Crippen molar-refractivity contribution in [3.05, 3.63) is 53.6 Å². The van der Waals surface area contributed by atoms with Crippen LogP contribution >= 0.6 is 0 Å². The zero-order valence-corrected chi connectivity index (χ0v) is 13.8. The van der Waals surface area contributed by atoms with Gasteiger partial charge in [-0.3, -0.25) is 4.79 Å². The van der Waals surface area contributed by atoms with Crippen molar-refractivity contribution < 1.29 is 27.4 Å². The number of rotatable bonds is 6. The van der Waals surface area contributed by atoms with E-state index in [-0.39, 0.29) is 12.1 Å². The Hall–Kier alpha value is -2.70. The minimum atomic E-state index is -4.53. The predicted octanol–water partition coefficient (Wildman–Crippen LogP) is 4.29. The van der Waals surface area contributed by atoms with Gasteiger partial charge in [0.2, 0.25) is 5.91 Å². The summed E-state index contributed by atoms with van der Waals surface area (Å²) in [6.45, 7) is 0. The maximum atomic E-state index is 12.9. The summed E-state index contributed by atoms with van der Waals surface area (Å²) in [4.78, 5) is 12.1. The molecule has 0 spiro atoms. The monoisotopic (exact) mass is 353 g/mol. The number of halogens is 3. The number of methoxy groups -OCH3 is 2. The van der Waals surface area contributed by atoms with E-state index in [0.717, 1.165) is 11.6 Å². The van der Waals surface area contributed by atoms with Crippen molar-refractivity contribution >= 4 is 11.6 Å². The van der Waals surface area contributed by atoms with E-state index in [2.05, 4.69) is 5.32 Å². The molecule has 0 saturated heterocycles. The molecule has 134 valence electrons. The van der Waals surface area contributed by atoms with Crippen molar-refractivity contribution in [3.8, 4) is 11.5 Å². The molecule has 2 rings (SSSR count). The van der Waals surface area contributed by atoms with Gasteiger partial charge in [-0.25, -0.2) is 0 Å². The van der Waals surface area contributed by atoms with Gasteiger partial charge in [0.15, 0.2) is 0 Å². The Kier molecular flexibility index (Phi) is 5.90. The molecule has 2 aromatic carbocycles. The number of ether oxygens (including phenoxy) is 2. The fourth-order valence-electron chi connectivity index (χ4n) is 2.38. The lowest BCUT2D eigenvalue weighted by Crippen LogP contribution is -2.17. The van der Waals surface area contributed by atoms with Crippen molar-refractivity contribution in [2.45, 2.75) is 19.0 Å². The van der Waals surface area contributed by atoms with Crippen LogP contribution in [0.25, 0.3) is 0 Å². The predicted molar refractivity (Wildman–Crippen MR) is 87.9 cm³/mol. The number of carbonyl (C=O) groups is 1. The molecule has 0 heterocycles. The van der Waals surface area contributed by atoms with Crippen LogP contribution in [0.2, 0.25) is 0 Å². The number of benzene rings is 2. The van der Waals surface area contributed by atoms with Gasteiger partial charge in [-0.15, -0.1) is 0 Å². The first kappa shape index (κ1) is 18.6. The zero-order chi connectivity index (χ0) is 18.4. The Balaban J connectivity index is 2.08. The average molecular weight is 353 g/mol. The highest BCUT2D eigenvalue weighted by Gasteiger charge is 2.33. The van der Waals surface area contributed by atoms with Gasteiger partial charge in [0.05, 0.1) is 25.5 Å². The van der Waals surface area contributed by atoms with Gasteiger partial charge < -0.3 is 14.8 Å². The van der Waals surface area contributed by atoms with Gasteiger partial charge in [0.25, 0.3) is 0 Å². The number of hydrogen-bond donors (Lipinski definition) is 1. The minimum absolute atomic E-state index is 0.00964. The highest BCUT2D eigenvalue weighted by molar-refractivity contribution is 5.91. The topological polar surface area (TPSA) is 47.6 Å². The van der Waals surface area contributed by atoms with Gasteiger partial charge >= 0.3 is 6.18 Å². The third-order valence-electron chi connectivity index (χ3n) is 3.62. The Morgan fingerprint density at radius 1 is 1.08 bits per heavy atom. The normalized spacial score (nSPS) is 11.1. The standard InChI is InChI=1S/C18H18F3NO3/c1-24-13-8-9-16(25-2)12(11-13)7-10-17(23)22-15-6-4-3-5-14(15)18(19,20)21/h3-6,8-9,11H,7,10H2,1-2H3,(H,22,23). The molecule has 0 fully saturated rings. The van der Waals surface area contributed by atoms with Crippen LogP contribution in [-0.4, -0.2) is 20.1 Å². The van der Waals surface area contributed by atoms with Crippen LogP contribution < -0.4 is 14.8 Å². The number of hydrogen-bond acceptors (Lipinski definition) is 3. The van der Waals surface area contributed by atoms with E-state index in [4.69, 9.17) is 9.47 Å². The van der Waals surface area contributed by atoms with E-state index in [1.807, 2.05) is 0 Å². The molecular weight excluding hydrogens is 335 g/mol. The maximum absolute atomic E-state index is 12.9. The second-order valence-electron chi connectivity index (χ2n) is 5.27. The molecule has 0 aliphatic carbocycles. The van der Waals surface area contributed by atoms with Crippen molar-refractivity contribution in [1.82, 2.24) is 0 Å². The van der Waals surface area contributed by atoms with Crippen LogP contribution in [0.4, 0.5) is 18.9 Å². The van der Waals surface area contributed by atoms with E-state index in [0.29, 0.717) is 17.9 Å². The summed E-state index contributed by atoms with van der Waals surface area (Å²) in [5.74, 6) is 0.685. The van der Waals surface area contributed by atoms with Gasteiger partial charge in [0.1, 0.15) is 11.5 Å². The number of aryl methyl sites for hydroxylation is 1. The van der Waals surface area contributed by atoms with Gasteiger partial charge in [-0.1, -0.05) is 12.1 Å². The fourth-order valence-corrected chi connectivity index (χ4v) is 2.38. The average Bonchev–Trinajstić information content (AvgIpc) is 2.59. The minimum Gasteiger partial charge on any atom is -0.497 e. The molecule has 0 unspecified atom stereocenters. The molecule has 7 heteroatoms. The molecule has 1 amide bonds. The lowest BCUT2D eigenvalue weighted by molar-refractivity contribution is -0.137. The van der Waals surface area contributed by atoms with Crippen LogP contribution in [0.15, 0.2) is 42.5 Å². The zero-order valence-electron chi connectivity index (χ0n) is 13.8. The number of alkyl halides is 3. The molecule has 25 heavy (non-hydrogen) atoms. The fraction of sp³-hybridized carbons (Fsp3) is 0.278. The first-order valence-electron chi connectivity index (χ1n) is 7.52. The summed E-state index contributed by atoms with van der Waals surface area (Å²) in [5, 5.41) is 2.32. The van der Waals surface area contributed by atoms with Gasteiger partial charge in [0, 0.05) is 6.42 Å². The number of anilines is 1. The molecule has 0 aliphatic rings. The highest BCUT2D eigenvalue weighted by Crippen LogP contribution is 2.34. The lowest BCUT2D eigenvalue weighted by Gasteiger charge is -2.14. The number of nitrogens with one attached hydrogen (secondary N) is 1. The van der Waals surface area contributed by atoms with E-state index in [1.54, 1.807) is 18.2 Å². The number of carbonyl (C=O) groups excluding carboxylic acids is 1. The van der Waals surface area contributed by atoms with E-state index < -0.39 is 17.6 Å². The van der Waals surface area contributed by atoms with Crippen LogP contribution in [-0.2, 0) is 17.4 Å². The Labute approximate surface area is 143 Å². The lowest BCUT2D eigenvalue weighted by atomic mass is 10.1. The second-order valence-corrected chi connectivity index (χ2v) is 5.27. The van der Waals surface area contributed by atoms with E-state index >= 15 is 0 Å². The Morgan fingerprint density at radius 3 is 2.44 bits per heavy atom. The van der Waals surface area contributed by atoms with Crippen LogP contribution in [0.5, 0.6) is 11.5 Å². The smallest absolute Gasteiger partial charge is 0.418 e. The SMILES string of the molecule is COc1ccc(OC)c(CCC(=O)Nc2ccccc2C(F)(F)F)c1. The highest BCUT2D eigenvalue weighted by atomic mass is 19.4. The molecule has 0 aromatic heterocycles. The third-order valence-corrected chi connectivity index (χ3v) is 3.62. The first-order chi connectivity index (χ1) is 11.8. The summed E-state index contributed by atoms with van der Waals surface area (Å²) in [5.41, 5.74) is -0.388. The van der Waals surface area contributed by atoms with Crippen LogP contribution in [0.1, 0.15) is 17.5 Å². The molecule has 0 radical (unpaired) electrons. The Bertz CT molecular complexity index is 745. The summed E-state index contributed by atoms with van der Waals surface area (Å²) in [6, 6.07) is 10.0. The molecule has 0 saturated carbocycles. The van der Waals surface area contributed by atoms with Crippen molar-refractivity contribution in [3.63, 3.8) is 0 Å². The molecule has 1 N–H and O–H groups in total. The maximum Gasteiger partial charge on any atom is 0.418 e. The third kappa shape index (κ3) is 4.89. The van der Waals surface area contributed by atoms with Gasteiger partial charge in [-0.2, -0.15) is 13.2 Å². The number of amides is 1. The number of para-hydroxylation sites is 1. The molecular formula is C18H18F3NO3. The largest absolute Gasteiger partial charge is 0.497 e. The first-order valence-corrected chi connectivity index (χ1v) is 7.52. The van der Waals surface area contributed by atoms with Gasteiger partial charge in [-0.05, 0) is 42.3 Å². The molecule has 0 aliphatic heterocycles. The van der Waals surface area contributed by atoms with E-state index in [9.17, 15) is 18.0 Å². The quantitative estimate of drug-likeness (QED) is 0.843. The van der Waals surface area contributed by atoms with Crippen molar-refractivity contribution in [1.29, 1.82) is 0 Å². The van der Waals surface area contributed by atoms with E-state index in [1.165, 1.54) is 32.4 Å². The molecule has 4 nitrogen and oxygen atoms in total. The summed E-state index contributed by atoms with van der Waals surface area (Å²) < 4.78 is 49.2. The van der Waals surface area contributed by atoms with Crippen LogP contribution in [0.3, 0.4) is 0 Å². The summed E-state index contributed by atoms with van der Waals surface area (Å²) >= 11 is 0. The van der Waals surface area contributed by atoms with Crippen LogP contribution in [0, 0.1) is 0 Å². The molecule has 2 aromatic rings.